The highest BCUT2D eigenvalue weighted by atomic mass is 19.1. The van der Waals surface area contributed by atoms with E-state index in [2.05, 4.69) is 17.1 Å². The monoisotopic (exact) mass is 222 g/mol. The summed E-state index contributed by atoms with van der Waals surface area (Å²) in [6.07, 6.45) is 2.32. The zero-order valence-electron chi connectivity index (χ0n) is 9.96. The van der Waals surface area contributed by atoms with Crippen LogP contribution in [0, 0.1) is 5.82 Å². The van der Waals surface area contributed by atoms with Crippen molar-refractivity contribution < 1.29 is 4.39 Å². The van der Waals surface area contributed by atoms with Crippen LogP contribution < -0.4 is 10.2 Å². The molecule has 16 heavy (non-hydrogen) atoms. The number of nitrogens with one attached hydrogen (secondary N) is 1. The summed E-state index contributed by atoms with van der Waals surface area (Å²) in [5, 5.41) is 3.36. The largest absolute Gasteiger partial charge is 0.370 e. The van der Waals surface area contributed by atoms with Gasteiger partial charge in [0.1, 0.15) is 5.82 Å². The molecule has 1 aromatic rings. The van der Waals surface area contributed by atoms with E-state index < -0.39 is 0 Å². The third-order valence-electron chi connectivity index (χ3n) is 3.47. The van der Waals surface area contributed by atoms with Gasteiger partial charge in [0.15, 0.2) is 0 Å². The first-order valence-corrected chi connectivity index (χ1v) is 5.82. The Morgan fingerprint density at radius 2 is 2.25 bits per heavy atom. The fourth-order valence-electron chi connectivity index (χ4n) is 2.34. The highest BCUT2D eigenvalue weighted by Crippen LogP contribution is 2.25. The van der Waals surface area contributed by atoms with Gasteiger partial charge < -0.3 is 10.2 Å². The molecule has 1 fully saturated rings. The second-order valence-corrected chi connectivity index (χ2v) is 4.82. The zero-order valence-corrected chi connectivity index (χ0v) is 9.96. The average molecular weight is 222 g/mol. The van der Waals surface area contributed by atoms with Gasteiger partial charge in [-0.05, 0) is 45.0 Å². The molecule has 1 aromatic carbocycles. The number of anilines is 1. The molecule has 3 heteroatoms. The van der Waals surface area contributed by atoms with Crippen LogP contribution in [0.1, 0.15) is 19.8 Å². The van der Waals surface area contributed by atoms with Crippen LogP contribution in [0.5, 0.6) is 0 Å². The Bertz CT molecular complexity index is 367. The highest BCUT2D eigenvalue weighted by molar-refractivity contribution is 5.47. The molecule has 88 valence electrons. The Morgan fingerprint density at radius 3 is 2.94 bits per heavy atom. The molecular formula is C13H19FN2. The molecule has 2 rings (SSSR count). The molecule has 0 radical (unpaired) electrons. The first kappa shape index (κ1) is 11.4. The van der Waals surface area contributed by atoms with Crippen molar-refractivity contribution in [2.45, 2.75) is 25.3 Å². The zero-order chi connectivity index (χ0) is 11.6. The molecule has 1 heterocycles. The molecule has 1 unspecified atom stereocenters. The lowest BCUT2D eigenvalue weighted by molar-refractivity contribution is 0.316. The second-order valence-electron chi connectivity index (χ2n) is 4.82. The average Bonchev–Trinajstić information content (AvgIpc) is 2.29. The standard InChI is InChI=1S/C13H19FN2/c1-13(15-2)7-4-8-16(10-13)12-6-3-5-11(14)9-12/h3,5-6,9,15H,4,7-8,10H2,1-2H3. The van der Waals surface area contributed by atoms with Gasteiger partial charge in [-0.2, -0.15) is 0 Å². The first-order valence-electron chi connectivity index (χ1n) is 5.82. The van der Waals surface area contributed by atoms with Gasteiger partial charge in [0, 0.05) is 24.3 Å². The lowest BCUT2D eigenvalue weighted by atomic mass is 9.91. The Morgan fingerprint density at radius 1 is 1.44 bits per heavy atom. The smallest absolute Gasteiger partial charge is 0.125 e. The Labute approximate surface area is 96.5 Å². The van der Waals surface area contributed by atoms with Crippen LogP contribution in [-0.4, -0.2) is 25.7 Å². The van der Waals surface area contributed by atoms with Crippen molar-refractivity contribution in [1.29, 1.82) is 0 Å². The van der Waals surface area contributed by atoms with Gasteiger partial charge in [-0.15, -0.1) is 0 Å². The number of rotatable bonds is 2. The Kier molecular flexibility index (Phi) is 3.15. The molecule has 0 aliphatic carbocycles. The van der Waals surface area contributed by atoms with Crippen LogP contribution in [0.4, 0.5) is 10.1 Å². The fourth-order valence-corrected chi connectivity index (χ4v) is 2.34. The molecule has 2 nitrogen and oxygen atoms in total. The van der Waals surface area contributed by atoms with Crippen LogP contribution in [0.15, 0.2) is 24.3 Å². The van der Waals surface area contributed by atoms with Crippen molar-refractivity contribution in [2.24, 2.45) is 0 Å². The van der Waals surface area contributed by atoms with Gasteiger partial charge in [0.25, 0.3) is 0 Å². The van der Waals surface area contributed by atoms with Crippen molar-refractivity contribution in [2.75, 3.05) is 25.0 Å². The minimum atomic E-state index is -0.158. The number of nitrogens with zero attached hydrogens (tertiary/aromatic N) is 1. The van der Waals surface area contributed by atoms with Gasteiger partial charge in [-0.3, -0.25) is 0 Å². The Hall–Kier alpha value is -1.09. The van der Waals surface area contributed by atoms with Crippen LogP contribution in [0.2, 0.25) is 0 Å². The third-order valence-corrected chi connectivity index (χ3v) is 3.47. The van der Waals surface area contributed by atoms with Gasteiger partial charge in [0.2, 0.25) is 0 Å². The van der Waals surface area contributed by atoms with Gasteiger partial charge in [0.05, 0.1) is 0 Å². The summed E-state index contributed by atoms with van der Waals surface area (Å²) in [7, 11) is 2.00. The van der Waals surface area contributed by atoms with Crippen LogP contribution in [-0.2, 0) is 0 Å². The van der Waals surface area contributed by atoms with Crippen molar-refractivity contribution >= 4 is 5.69 Å². The van der Waals surface area contributed by atoms with Crippen molar-refractivity contribution in [3.8, 4) is 0 Å². The predicted octanol–water partition coefficient (Wildman–Crippen LogP) is 2.40. The van der Waals surface area contributed by atoms with E-state index in [1.54, 1.807) is 12.1 Å². The number of hydrogen-bond acceptors (Lipinski definition) is 2. The molecule has 1 atom stereocenters. The van der Waals surface area contributed by atoms with E-state index in [-0.39, 0.29) is 11.4 Å². The summed E-state index contributed by atoms with van der Waals surface area (Å²) < 4.78 is 13.2. The maximum absolute atomic E-state index is 13.2. The van der Waals surface area contributed by atoms with Crippen LogP contribution in [0.3, 0.4) is 0 Å². The number of hydrogen-bond donors (Lipinski definition) is 1. The van der Waals surface area contributed by atoms with Crippen LogP contribution in [0.25, 0.3) is 0 Å². The molecule has 0 saturated carbocycles. The van der Waals surface area contributed by atoms with E-state index in [0.29, 0.717) is 0 Å². The first-order chi connectivity index (χ1) is 7.63. The second kappa shape index (κ2) is 4.42. The van der Waals surface area contributed by atoms with E-state index in [1.165, 1.54) is 12.5 Å². The summed E-state index contributed by atoms with van der Waals surface area (Å²) in [4.78, 5) is 2.25. The van der Waals surface area contributed by atoms with Crippen molar-refractivity contribution in [1.82, 2.24) is 5.32 Å². The highest BCUT2D eigenvalue weighted by Gasteiger charge is 2.29. The Balaban J connectivity index is 2.16. The topological polar surface area (TPSA) is 15.3 Å². The van der Waals surface area contributed by atoms with Crippen molar-refractivity contribution in [3.05, 3.63) is 30.1 Å². The minimum Gasteiger partial charge on any atom is -0.370 e. The predicted molar refractivity (Wildman–Crippen MR) is 65.3 cm³/mol. The van der Waals surface area contributed by atoms with Crippen LogP contribution >= 0.6 is 0 Å². The minimum absolute atomic E-state index is 0.143. The fraction of sp³-hybridized carbons (Fsp3) is 0.538. The summed E-state index contributed by atoms with van der Waals surface area (Å²) >= 11 is 0. The SMILES string of the molecule is CNC1(C)CCCN(c2cccc(F)c2)C1. The normalized spacial score (nSPS) is 25.8. The molecule has 1 N–H and O–H groups in total. The number of piperidine rings is 1. The summed E-state index contributed by atoms with van der Waals surface area (Å²) in [5.74, 6) is -0.158. The number of likely N-dealkylation sites (N-methyl/N-ethyl adjacent to an activating group) is 1. The van der Waals surface area contributed by atoms with E-state index >= 15 is 0 Å². The van der Waals surface area contributed by atoms with E-state index in [0.717, 1.165) is 25.2 Å². The molecule has 1 aliphatic rings. The van der Waals surface area contributed by atoms with Gasteiger partial charge in [-0.25, -0.2) is 4.39 Å². The lowest BCUT2D eigenvalue weighted by Crippen LogP contribution is -2.53. The number of halogens is 1. The molecule has 0 amide bonds. The molecule has 1 aliphatic heterocycles. The van der Waals surface area contributed by atoms with Gasteiger partial charge in [-0.1, -0.05) is 6.07 Å². The van der Waals surface area contributed by atoms with E-state index in [9.17, 15) is 4.39 Å². The summed E-state index contributed by atoms with van der Waals surface area (Å²) in [5.41, 5.74) is 1.13. The van der Waals surface area contributed by atoms with E-state index in [1.807, 2.05) is 13.1 Å². The molecule has 0 bridgehead atoms. The maximum atomic E-state index is 13.2. The molecular weight excluding hydrogens is 203 g/mol. The van der Waals surface area contributed by atoms with E-state index in [4.69, 9.17) is 0 Å². The molecule has 0 aromatic heterocycles. The maximum Gasteiger partial charge on any atom is 0.125 e. The third kappa shape index (κ3) is 2.35. The summed E-state index contributed by atoms with van der Waals surface area (Å²) in [6.45, 7) is 4.17. The van der Waals surface area contributed by atoms with Gasteiger partial charge >= 0.3 is 0 Å². The molecule has 1 saturated heterocycles. The quantitative estimate of drug-likeness (QED) is 0.826. The lowest BCUT2D eigenvalue weighted by Gasteiger charge is -2.41. The molecule has 0 spiro atoms. The summed E-state index contributed by atoms with van der Waals surface area (Å²) in [6, 6.07) is 6.85. The number of benzene rings is 1. The van der Waals surface area contributed by atoms with Crippen molar-refractivity contribution in [3.63, 3.8) is 0 Å².